The van der Waals surface area contributed by atoms with E-state index in [1.165, 1.54) is 12.1 Å². The monoisotopic (exact) mass is 406 g/mol. The Morgan fingerprint density at radius 2 is 1.79 bits per heavy atom. The van der Waals surface area contributed by atoms with Gasteiger partial charge in [0.25, 0.3) is 0 Å². The van der Waals surface area contributed by atoms with Crippen LogP contribution in [0.5, 0.6) is 0 Å². The van der Waals surface area contributed by atoms with Gasteiger partial charge in [-0.1, -0.05) is 11.6 Å². The van der Waals surface area contributed by atoms with Crippen LogP contribution in [0.4, 0.5) is 15.8 Å². The number of anilines is 2. The van der Waals surface area contributed by atoms with Crippen molar-refractivity contribution in [2.45, 2.75) is 0 Å². The number of hydrogen-bond donors (Lipinski definition) is 2. The van der Waals surface area contributed by atoms with E-state index in [4.69, 9.17) is 23.8 Å². The molecular weight excluding hydrogens is 398 g/mol. The van der Waals surface area contributed by atoms with Crippen molar-refractivity contribution < 1.29 is 4.39 Å². The minimum Gasteiger partial charge on any atom is -0.332 e. The predicted molar refractivity (Wildman–Crippen MR) is 90.4 cm³/mol. The highest BCUT2D eigenvalue weighted by Crippen LogP contribution is 2.22. The van der Waals surface area contributed by atoms with E-state index in [1.54, 1.807) is 6.07 Å². The Hall–Kier alpha value is -0.920. The van der Waals surface area contributed by atoms with Crippen molar-refractivity contribution in [3.63, 3.8) is 0 Å². The molecule has 0 aliphatic rings. The Balaban J connectivity index is 2.03. The SMILES string of the molecule is Fc1ccc(NC(=S)Nc2ccc(I)cc2)c(Cl)c1. The first-order valence-electron chi connectivity index (χ1n) is 5.33. The second kappa shape index (κ2) is 6.49. The van der Waals surface area contributed by atoms with Gasteiger partial charge in [-0.3, -0.25) is 0 Å². The fourth-order valence-electron chi connectivity index (χ4n) is 1.41. The maximum Gasteiger partial charge on any atom is 0.175 e. The molecule has 0 unspecified atom stereocenters. The van der Waals surface area contributed by atoms with Crippen LogP contribution in [0.2, 0.25) is 5.02 Å². The van der Waals surface area contributed by atoms with Gasteiger partial charge in [0.15, 0.2) is 5.11 Å². The Bertz CT molecular complexity index is 604. The molecule has 0 radical (unpaired) electrons. The largest absolute Gasteiger partial charge is 0.332 e. The first-order chi connectivity index (χ1) is 9.04. The van der Waals surface area contributed by atoms with Crippen molar-refractivity contribution in [2.75, 3.05) is 10.6 Å². The van der Waals surface area contributed by atoms with Gasteiger partial charge in [0.1, 0.15) is 5.82 Å². The Morgan fingerprint density at radius 1 is 1.11 bits per heavy atom. The molecule has 0 heterocycles. The predicted octanol–water partition coefficient (Wildman–Crippen LogP) is 4.89. The minimum atomic E-state index is -0.382. The zero-order valence-corrected chi connectivity index (χ0v) is 13.3. The maximum absolute atomic E-state index is 12.9. The third-order valence-corrected chi connectivity index (χ3v) is 3.52. The van der Waals surface area contributed by atoms with Crippen LogP contribution in [-0.2, 0) is 0 Å². The first-order valence-corrected chi connectivity index (χ1v) is 7.20. The fraction of sp³-hybridized carbons (Fsp3) is 0. The molecule has 2 nitrogen and oxygen atoms in total. The van der Waals surface area contributed by atoms with E-state index in [9.17, 15) is 4.39 Å². The fourth-order valence-corrected chi connectivity index (χ4v) is 2.21. The quantitative estimate of drug-likeness (QED) is 0.548. The van der Waals surface area contributed by atoms with Crippen LogP contribution in [0.15, 0.2) is 42.5 Å². The summed E-state index contributed by atoms with van der Waals surface area (Å²) in [5, 5.41) is 6.63. The summed E-state index contributed by atoms with van der Waals surface area (Å²) in [6, 6.07) is 11.9. The van der Waals surface area contributed by atoms with Crippen molar-refractivity contribution in [3.05, 3.63) is 56.9 Å². The Morgan fingerprint density at radius 3 is 2.42 bits per heavy atom. The molecule has 0 amide bonds. The first kappa shape index (κ1) is 14.5. The van der Waals surface area contributed by atoms with Crippen LogP contribution in [-0.4, -0.2) is 5.11 Å². The van der Waals surface area contributed by atoms with Crippen LogP contribution < -0.4 is 10.6 Å². The van der Waals surface area contributed by atoms with Gasteiger partial charge in [0.05, 0.1) is 10.7 Å². The van der Waals surface area contributed by atoms with Crippen LogP contribution in [0.1, 0.15) is 0 Å². The Kier molecular flexibility index (Phi) is 4.95. The van der Waals surface area contributed by atoms with Crippen LogP contribution in [0.3, 0.4) is 0 Å². The molecule has 2 aromatic carbocycles. The molecule has 0 aliphatic heterocycles. The number of hydrogen-bond acceptors (Lipinski definition) is 1. The smallest absolute Gasteiger partial charge is 0.175 e. The zero-order valence-electron chi connectivity index (χ0n) is 9.58. The number of rotatable bonds is 2. The van der Waals surface area contributed by atoms with Gasteiger partial charge in [0, 0.05) is 9.26 Å². The molecule has 2 rings (SSSR count). The average Bonchev–Trinajstić information content (AvgIpc) is 2.36. The second-order valence-corrected chi connectivity index (χ2v) is 5.77. The lowest BCUT2D eigenvalue weighted by atomic mass is 10.3. The zero-order chi connectivity index (χ0) is 13.8. The highest BCUT2D eigenvalue weighted by atomic mass is 127. The molecule has 0 spiro atoms. The van der Waals surface area contributed by atoms with Gasteiger partial charge in [-0.15, -0.1) is 0 Å². The van der Waals surface area contributed by atoms with Gasteiger partial charge in [-0.05, 0) is 77.3 Å². The van der Waals surface area contributed by atoms with E-state index >= 15 is 0 Å². The molecule has 0 aromatic heterocycles. The van der Waals surface area contributed by atoms with Gasteiger partial charge >= 0.3 is 0 Å². The highest BCUT2D eigenvalue weighted by molar-refractivity contribution is 14.1. The van der Waals surface area contributed by atoms with Crippen LogP contribution >= 0.6 is 46.4 Å². The molecule has 0 saturated heterocycles. The van der Waals surface area contributed by atoms with E-state index in [0.717, 1.165) is 9.26 Å². The number of nitrogens with one attached hydrogen (secondary N) is 2. The van der Waals surface area contributed by atoms with Crippen molar-refractivity contribution in [3.8, 4) is 0 Å². The van der Waals surface area contributed by atoms with Crippen molar-refractivity contribution in [1.82, 2.24) is 0 Å². The summed E-state index contributed by atoms with van der Waals surface area (Å²) in [7, 11) is 0. The summed E-state index contributed by atoms with van der Waals surface area (Å²) < 4.78 is 14.1. The van der Waals surface area contributed by atoms with Crippen LogP contribution in [0, 0.1) is 9.39 Å². The standard InChI is InChI=1S/C13H9ClFIN2S/c14-11-7-8(15)1-6-12(11)18-13(19)17-10-4-2-9(16)3-5-10/h1-7H,(H2,17,18,19). The van der Waals surface area contributed by atoms with Crippen molar-refractivity contribution in [2.24, 2.45) is 0 Å². The van der Waals surface area contributed by atoms with Gasteiger partial charge in [-0.2, -0.15) is 0 Å². The molecule has 98 valence electrons. The van der Waals surface area contributed by atoms with E-state index in [-0.39, 0.29) is 10.8 Å². The summed E-state index contributed by atoms with van der Waals surface area (Å²) in [5.74, 6) is -0.382. The highest BCUT2D eigenvalue weighted by Gasteiger charge is 2.04. The summed E-state index contributed by atoms with van der Waals surface area (Å²) in [5.41, 5.74) is 1.43. The normalized spacial score (nSPS) is 10.1. The number of thiocarbonyl (C=S) groups is 1. The molecule has 2 aromatic rings. The molecule has 0 atom stereocenters. The van der Waals surface area contributed by atoms with Gasteiger partial charge in [0.2, 0.25) is 0 Å². The molecule has 0 fully saturated rings. The van der Waals surface area contributed by atoms with Gasteiger partial charge in [-0.25, -0.2) is 4.39 Å². The van der Waals surface area contributed by atoms with Crippen molar-refractivity contribution in [1.29, 1.82) is 0 Å². The molecule has 0 bridgehead atoms. The molecule has 6 heteroatoms. The third kappa shape index (κ3) is 4.29. The Labute approximate surface area is 134 Å². The average molecular weight is 407 g/mol. The summed E-state index contributed by atoms with van der Waals surface area (Å²) >= 11 is 13.3. The second-order valence-electron chi connectivity index (χ2n) is 3.71. The third-order valence-electron chi connectivity index (χ3n) is 2.28. The lowest BCUT2D eigenvalue weighted by Crippen LogP contribution is -2.19. The number of benzene rings is 2. The molecular formula is C13H9ClFIN2S. The lowest BCUT2D eigenvalue weighted by molar-refractivity contribution is 0.628. The van der Waals surface area contributed by atoms with Gasteiger partial charge < -0.3 is 10.6 Å². The molecule has 2 N–H and O–H groups in total. The summed E-state index contributed by atoms with van der Waals surface area (Å²) in [6.07, 6.45) is 0. The lowest BCUT2D eigenvalue weighted by Gasteiger charge is -2.11. The van der Waals surface area contributed by atoms with E-state index in [2.05, 4.69) is 33.2 Å². The van der Waals surface area contributed by atoms with E-state index < -0.39 is 0 Å². The van der Waals surface area contributed by atoms with E-state index in [0.29, 0.717) is 10.8 Å². The summed E-state index contributed by atoms with van der Waals surface area (Å²) in [6.45, 7) is 0. The van der Waals surface area contributed by atoms with Crippen LogP contribution in [0.25, 0.3) is 0 Å². The maximum atomic E-state index is 12.9. The minimum absolute atomic E-state index is 0.284. The molecule has 19 heavy (non-hydrogen) atoms. The molecule has 0 aliphatic carbocycles. The summed E-state index contributed by atoms with van der Waals surface area (Å²) in [4.78, 5) is 0. The number of halogens is 3. The van der Waals surface area contributed by atoms with E-state index in [1.807, 2.05) is 24.3 Å². The van der Waals surface area contributed by atoms with Crippen molar-refractivity contribution >= 4 is 62.9 Å². The topological polar surface area (TPSA) is 24.1 Å². The molecule has 0 saturated carbocycles.